The second-order valence-electron chi connectivity index (χ2n) is 8.32. The lowest BCUT2D eigenvalue weighted by atomic mass is 10.0. The first-order valence-corrected chi connectivity index (χ1v) is 10.4. The number of anilines is 1. The fourth-order valence-electron chi connectivity index (χ4n) is 5.29. The highest BCUT2D eigenvalue weighted by Crippen LogP contribution is 2.54. The average Bonchev–Trinajstić information content (AvgIpc) is 3.31. The van der Waals surface area contributed by atoms with E-state index in [4.69, 9.17) is 0 Å². The van der Waals surface area contributed by atoms with Crippen LogP contribution in [0.3, 0.4) is 0 Å². The van der Waals surface area contributed by atoms with Gasteiger partial charge in [0.1, 0.15) is 5.82 Å². The highest BCUT2D eigenvalue weighted by atomic mass is 19.4. The van der Waals surface area contributed by atoms with E-state index in [-0.39, 0.29) is 41.5 Å². The molecule has 6 rings (SSSR count). The predicted octanol–water partition coefficient (Wildman–Crippen LogP) is 3.34. The van der Waals surface area contributed by atoms with Crippen molar-refractivity contribution < 1.29 is 22.4 Å². The van der Waals surface area contributed by atoms with Gasteiger partial charge in [-0.2, -0.15) is 13.2 Å². The Morgan fingerprint density at radius 2 is 1.58 bits per heavy atom. The third-order valence-corrected chi connectivity index (χ3v) is 6.63. The summed E-state index contributed by atoms with van der Waals surface area (Å²) < 4.78 is 53.3. The van der Waals surface area contributed by atoms with E-state index in [0.717, 1.165) is 25.2 Å². The molecule has 0 saturated carbocycles. The first kappa shape index (κ1) is 20.0. The van der Waals surface area contributed by atoms with Crippen molar-refractivity contribution in [3.05, 3.63) is 66.0 Å². The van der Waals surface area contributed by atoms with Crippen molar-refractivity contribution >= 4 is 11.9 Å². The topological polar surface area (TPSA) is 74.9 Å². The molecule has 4 unspecified atom stereocenters. The number of piperazine rings is 1. The van der Waals surface area contributed by atoms with Crippen molar-refractivity contribution in [2.75, 3.05) is 4.90 Å². The zero-order valence-electron chi connectivity index (χ0n) is 16.9. The Balaban J connectivity index is 1.28. The minimum absolute atomic E-state index is 0.0702. The van der Waals surface area contributed by atoms with E-state index >= 15 is 0 Å². The Labute approximate surface area is 185 Å². The molecule has 3 aliphatic rings. The van der Waals surface area contributed by atoms with Gasteiger partial charge in [0.25, 0.3) is 5.91 Å². The number of amides is 1. The summed E-state index contributed by atoms with van der Waals surface area (Å²) in [6.07, 6.45) is 1.53. The summed E-state index contributed by atoms with van der Waals surface area (Å²) in [4.78, 5) is 33.2. The molecule has 33 heavy (non-hydrogen) atoms. The van der Waals surface area contributed by atoms with Gasteiger partial charge in [0.15, 0.2) is 5.82 Å². The maximum atomic E-state index is 14.9. The Morgan fingerprint density at radius 3 is 2.18 bits per heavy atom. The molecule has 4 atom stereocenters. The van der Waals surface area contributed by atoms with E-state index in [0.29, 0.717) is 5.56 Å². The number of rotatable bonds is 3. The lowest BCUT2D eigenvalue weighted by Gasteiger charge is -2.28. The van der Waals surface area contributed by atoms with E-state index in [1.54, 1.807) is 17.0 Å². The van der Waals surface area contributed by atoms with Gasteiger partial charge >= 0.3 is 6.18 Å². The van der Waals surface area contributed by atoms with E-state index in [1.807, 2.05) is 4.90 Å². The number of alkyl halides is 3. The number of halogens is 4. The van der Waals surface area contributed by atoms with E-state index < -0.39 is 23.5 Å². The lowest BCUT2D eigenvalue weighted by Crippen LogP contribution is -2.43. The normalized spacial score (nSPS) is 25.3. The number of carbonyl (C=O) groups excluding carboxylic acids is 1. The largest absolute Gasteiger partial charge is 0.419 e. The monoisotopic (exact) mass is 456 g/mol. The molecule has 168 valence electrons. The molecule has 5 heterocycles. The third kappa shape index (κ3) is 2.98. The van der Waals surface area contributed by atoms with Crippen molar-refractivity contribution in [3.63, 3.8) is 0 Å². The predicted molar refractivity (Wildman–Crippen MR) is 107 cm³/mol. The number of hydrogen-bond donors (Lipinski definition) is 0. The highest BCUT2D eigenvalue weighted by Gasteiger charge is 2.70. The van der Waals surface area contributed by atoms with Gasteiger partial charge in [-0.3, -0.25) is 4.79 Å². The van der Waals surface area contributed by atoms with Gasteiger partial charge in [0.2, 0.25) is 5.95 Å². The average molecular weight is 456 g/mol. The molecule has 0 spiro atoms. The number of benzene rings is 1. The number of hydrogen-bond acceptors (Lipinski definition) is 6. The van der Waals surface area contributed by atoms with Gasteiger partial charge in [-0.15, -0.1) is 0 Å². The fourth-order valence-corrected chi connectivity index (χ4v) is 5.29. The van der Waals surface area contributed by atoms with Crippen LogP contribution < -0.4 is 4.90 Å². The van der Waals surface area contributed by atoms with Crippen molar-refractivity contribution in [2.45, 2.75) is 43.2 Å². The molecule has 3 aliphatic heterocycles. The molecule has 0 radical (unpaired) electrons. The van der Waals surface area contributed by atoms with Crippen LogP contribution in [0.2, 0.25) is 0 Å². The SMILES string of the molecule is O=C(c1c(F)cccc1-c1ncccn1)N1C2CCC1C1C2N1c1ncc(C(F)(F)F)cn1. The molecule has 0 N–H and O–H groups in total. The van der Waals surface area contributed by atoms with Crippen LogP contribution in [0.5, 0.6) is 0 Å². The summed E-state index contributed by atoms with van der Waals surface area (Å²) in [5, 5.41) is 0. The standard InChI is InChI=1S/C22H16F4N6O/c23-13-4-1-3-12(19-27-7-2-8-28-19)16(13)20(33)31-14-5-6-15(31)18-17(14)32(18)21-29-9-11(10-30-21)22(24,25)26/h1-4,7-10,14-15,17-18H,5-6H2. The lowest BCUT2D eigenvalue weighted by molar-refractivity contribution is -0.138. The second-order valence-corrected chi connectivity index (χ2v) is 8.32. The number of carbonyl (C=O) groups is 1. The molecule has 2 aromatic heterocycles. The summed E-state index contributed by atoms with van der Waals surface area (Å²) in [6.45, 7) is 0. The molecule has 0 aliphatic carbocycles. The van der Waals surface area contributed by atoms with Crippen LogP contribution in [-0.4, -0.2) is 54.9 Å². The van der Waals surface area contributed by atoms with Crippen molar-refractivity contribution in [3.8, 4) is 11.4 Å². The van der Waals surface area contributed by atoms with Gasteiger partial charge in [-0.05, 0) is 25.0 Å². The van der Waals surface area contributed by atoms with E-state index in [9.17, 15) is 22.4 Å². The summed E-state index contributed by atoms with van der Waals surface area (Å²) in [7, 11) is 0. The van der Waals surface area contributed by atoms with Crippen LogP contribution in [0, 0.1) is 5.82 Å². The zero-order chi connectivity index (χ0) is 22.9. The van der Waals surface area contributed by atoms with Crippen LogP contribution in [0.15, 0.2) is 49.1 Å². The molecule has 3 saturated heterocycles. The molecule has 7 nitrogen and oxygen atoms in total. The van der Waals surface area contributed by atoms with E-state index in [1.165, 1.54) is 24.5 Å². The first-order valence-electron chi connectivity index (χ1n) is 10.4. The van der Waals surface area contributed by atoms with Crippen LogP contribution in [0.25, 0.3) is 11.4 Å². The first-order chi connectivity index (χ1) is 15.9. The Bertz CT molecular complexity index is 1220. The van der Waals surface area contributed by atoms with Crippen LogP contribution in [0.1, 0.15) is 28.8 Å². The number of aromatic nitrogens is 4. The summed E-state index contributed by atoms with van der Waals surface area (Å²) in [5.74, 6) is -0.598. The maximum Gasteiger partial charge on any atom is 0.419 e. The molecule has 2 bridgehead atoms. The zero-order valence-corrected chi connectivity index (χ0v) is 16.9. The Morgan fingerprint density at radius 1 is 0.939 bits per heavy atom. The minimum Gasteiger partial charge on any atom is -0.328 e. The van der Waals surface area contributed by atoms with Crippen LogP contribution >= 0.6 is 0 Å². The molecule has 1 amide bonds. The molecule has 3 aromatic rings. The van der Waals surface area contributed by atoms with Gasteiger partial charge in [-0.1, -0.05) is 12.1 Å². The molecule has 3 fully saturated rings. The van der Waals surface area contributed by atoms with Crippen molar-refractivity contribution in [1.82, 2.24) is 24.8 Å². The number of fused-ring (bicyclic) bond motifs is 5. The quantitative estimate of drug-likeness (QED) is 0.445. The summed E-state index contributed by atoms with van der Waals surface area (Å²) >= 11 is 0. The summed E-state index contributed by atoms with van der Waals surface area (Å²) in [6, 6.07) is 5.44. The summed E-state index contributed by atoms with van der Waals surface area (Å²) in [5.41, 5.74) is -0.656. The minimum atomic E-state index is -4.50. The van der Waals surface area contributed by atoms with Gasteiger partial charge in [-0.25, -0.2) is 24.3 Å². The molecular weight excluding hydrogens is 440 g/mol. The number of nitrogens with zero attached hydrogens (tertiary/aromatic N) is 6. The van der Waals surface area contributed by atoms with Gasteiger partial charge < -0.3 is 9.80 Å². The Kier molecular flexibility index (Phi) is 4.20. The van der Waals surface area contributed by atoms with Gasteiger partial charge in [0, 0.05) is 30.4 Å². The van der Waals surface area contributed by atoms with Crippen LogP contribution in [-0.2, 0) is 6.18 Å². The highest BCUT2D eigenvalue weighted by molar-refractivity contribution is 6.01. The molecular formula is C22H16F4N6O. The third-order valence-electron chi connectivity index (χ3n) is 6.63. The Hall–Kier alpha value is -3.63. The van der Waals surface area contributed by atoms with Crippen molar-refractivity contribution in [2.24, 2.45) is 0 Å². The van der Waals surface area contributed by atoms with Crippen molar-refractivity contribution in [1.29, 1.82) is 0 Å². The fraction of sp³-hybridized carbons (Fsp3) is 0.318. The maximum absolute atomic E-state index is 14.9. The van der Waals surface area contributed by atoms with Crippen LogP contribution in [0.4, 0.5) is 23.5 Å². The molecule has 11 heteroatoms. The second kappa shape index (κ2) is 6.93. The van der Waals surface area contributed by atoms with E-state index in [2.05, 4.69) is 19.9 Å². The van der Waals surface area contributed by atoms with Gasteiger partial charge in [0.05, 0.1) is 35.3 Å². The smallest absolute Gasteiger partial charge is 0.328 e. The molecule has 1 aromatic carbocycles.